The molecule has 0 fully saturated rings. The van der Waals surface area contributed by atoms with Crippen molar-refractivity contribution in [1.82, 2.24) is 4.98 Å². The summed E-state index contributed by atoms with van der Waals surface area (Å²) in [6.45, 7) is 0.355. The zero-order valence-electron chi connectivity index (χ0n) is 9.76. The average Bonchev–Trinajstić information content (AvgIpc) is 2.41. The average molecular weight is 242 g/mol. The number of para-hydroxylation sites is 2. The quantitative estimate of drug-likeness (QED) is 0.708. The number of hydrogen-bond donors (Lipinski definition) is 3. The van der Waals surface area contributed by atoms with Crippen molar-refractivity contribution in [2.45, 2.75) is 6.54 Å². The molecule has 5 heteroatoms. The maximum atomic E-state index is 11.9. The number of nitrogen functional groups attached to an aromatic ring is 1. The first-order valence-electron chi connectivity index (χ1n) is 5.51. The van der Waals surface area contributed by atoms with Crippen LogP contribution in [0, 0.1) is 0 Å². The molecule has 2 rings (SSSR count). The molecule has 1 aromatic heterocycles. The van der Waals surface area contributed by atoms with E-state index >= 15 is 0 Å². The molecule has 0 radical (unpaired) electrons. The summed E-state index contributed by atoms with van der Waals surface area (Å²) < 4.78 is 0. The number of benzene rings is 1. The van der Waals surface area contributed by atoms with Crippen molar-refractivity contribution in [2.75, 3.05) is 11.1 Å². The van der Waals surface area contributed by atoms with Gasteiger partial charge in [-0.25, -0.2) is 0 Å². The Morgan fingerprint density at radius 2 is 2.00 bits per heavy atom. The third kappa shape index (κ3) is 2.64. The van der Waals surface area contributed by atoms with Crippen LogP contribution in [0.3, 0.4) is 0 Å². The largest absolute Gasteiger partial charge is 0.397 e. The van der Waals surface area contributed by atoms with Crippen LogP contribution in [0.5, 0.6) is 0 Å². The van der Waals surface area contributed by atoms with Gasteiger partial charge in [0.1, 0.15) is 0 Å². The fourth-order valence-electron chi connectivity index (χ4n) is 1.48. The molecule has 0 saturated heterocycles. The number of aromatic nitrogens is 1. The van der Waals surface area contributed by atoms with Crippen molar-refractivity contribution in [1.29, 1.82) is 0 Å². The minimum Gasteiger partial charge on any atom is -0.397 e. The van der Waals surface area contributed by atoms with Crippen LogP contribution in [0.4, 0.5) is 11.4 Å². The van der Waals surface area contributed by atoms with Crippen LogP contribution >= 0.6 is 0 Å². The van der Waals surface area contributed by atoms with Crippen LogP contribution in [0.25, 0.3) is 0 Å². The highest BCUT2D eigenvalue weighted by Gasteiger charge is 2.07. The van der Waals surface area contributed by atoms with Crippen LogP contribution < -0.4 is 16.8 Å². The highest BCUT2D eigenvalue weighted by atomic mass is 16.1. The summed E-state index contributed by atoms with van der Waals surface area (Å²) in [6.07, 6.45) is 1.50. The van der Waals surface area contributed by atoms with Gasteiger partial charge in [0.05, 0.1) is 22.6 Å². The molecule has 18 heavy (non-hydrogen) atoms. The number of nitrogens with one attached hydrogen (secondary N) is 1. The van der Waals surface area contributed by atoms with E-state index < -0.39 is 0 Å². The first-order valence-corrected chi connectivity index (χ1v) is 5.51. The van der Waals surface area contributed by atoms with Gasteiger partial charge in [-0.2, -0.15) is 0 Å². The molecule has 92 valence electrons. The molecule has 0 unspecified atom stereocenters. The second kappa shape index (κ2) is 5.29. The zero-order valence-corrected chi connectivity index (χ0v) is 9.76. The maximum Gasteiger partial charge on any atom is 0.257 e. The van der Waals surface area contributed by atoms with Gasteiger partial charge in [-0.05, 0) is 24.3 Å². The second-order valence-corrected chi connectivity index (χ2v) is 3.78. The van der Waals surface area contributed by atoms with Crippen molar-refractivity contribution in [2.24, 2.45) is 5.73 Å². The summed E-state index contributed by atoms with van der Waals surface area (Å²) in [5, 5.41) is 2.73. The van der Waals surface area contributed by atoms with E-state index in [0.717, 1.165) is 5.69 Å². The Kier molecular flexibility index (Phi) is 3.54. The molecule has 0 aliphatic heterocycles. The molecule has 0 bridgehead atoms. The van der Waals surface area contributed by atoms with Crippen LogP contribution in [0.2, 0.25) is 0 Å². The minimum atomic E-state index is -0.246. The Balaban J connectivity index is 2.14. The van der Waals surface area contributed by atoms with Crippen LogP contribution in [-0.2, 0) is 6.54 Å². The Hall–Kier alpha value is -2.40. The summed E-state index contributed by atoms with van der Waals surface area (Å²) in [5.41, 5.74) is 13.5. The van der Waals surface area contributed by atoms with Crippen LogP contribution in [0.15, 0.2) is 42.6 Å². The van der Waals surface area contributed by atoms with Crippen molar-refractivity contribution in [3.8, 4) is 0 Å². The number of nitrogens with two attached hydrogens (primary N) is 2. The van der Waals surface area contributed by atoms with Gasteiger partial charge in [0, 0.05) is 12.7 Å². The molecule has 0 saturated carbocycles. The van der Waals surface area contributed by atoms with Gasteiger partial charge in [0.2, 0.25) is 0 Å². The fourth-order valence-corrected chi connectivity index (χ4v) is 1.48. The topological polar surface area (TPSA) is 94.0 Å². The third-order valence-electron chi connectivity index (χ3n) is 2.51. The van der Waals surface area contributed by atoms with Crippen molar-refractivity contribution in [3.63, 3.8) is 0 Å². The van der Waals surface area contributed by atoms with E-state index in [9.17, 15) is 4.79 Å². The van der Waals surface area contributed by atoms with E-state index in [4.69, 9.17) is 11.5 Å². The first-order chi connectivity index (χ1) is 8.70. The van der Waals surface area contributed by atoms with Crippen molar-refractivity contribution >= 4 is 17.3 Å². The molecular weight excluding hydrogens is 228 g/mol. The summed E-state index contributed by atoms with van der Waals surface area (Å²) in [6, 6.07) is 10.5. The zero-order chi connectivity index (χ0) is 13.0. The molecule has 1 heterocycles. The van der Waals surface area contributed by atoms with E-state index in [0.29, 0.717) is 23.5 Å². The lowest BCUT2D eigenvalue weighted by Gasteiger charge is -2.07. The summed E-state index contributed by atoms with van der Waals surface area (Å²) in [4.78, 5) is 16.0. The number of anilines is 2. The van der Waals surface area contributed by atoms with E-state index in [1.54, 1.807) is 24.3 Å². The predicted molar refractivity (Wildman–Crippen MR) is 70.9 cm³/mol. The molecule has 0 spiro atoms. The third-order valence-corrected chi connectivity index (χ3v) is 2.51. The Morgan fingerprint density at radius 3 is 2.61 bits per heavy atom. The van der Waals surface area contributed by atoms with E-state index in [1.807, 2.05) is 12.1 Å². The second-order valence-electron chi connectivity index (χ2n) is 3.78. The smallest absolute Gasteiger partial charge is 0.257 e. The number of carbonyl (C=O) groups is 1. The molecular formula is C13H14N4O. The van der Waals surface area contributed by atoms with Crippen LogP contribution in [0.1, 0.15) is 16.1 Å². The number of rotatable bonds is 3. The normalized spacial score (nSPS) is 10.1. The van der Waals surface area contributed by atoms with Gasteiger partial charge in [0.15, 0.2) is 0 Å². The molecule has 2 aromatic rings. The minimum absolute atomic E-state index is 0.246. The maximum absolute atomic E-state index is 11.9. The molecule has 0 atom stereocenters. The summed E-state index contributed by atoms with van der Waals surface area (Å²) in [7, 11) is 0. The molecule has 5 nitrogen and oxygen atoms in total. The summed E-state index contributed by atoms with van der Waals surface area (Å²) >= 11 is 0. The lowest BCUT2D eigenvalue weighted by molar-refractivity contribution is 0.102. The van der Waals surface area contributed by atoms with Crippen molar-refractivity contribution in [3.05, 3.63) is 53.9 Å². The number of carbonyl (C=O) groups excluding carboxylic acids is 1. The monoisotopic (exact) mass is 242 g/mol. The highest BCUT2D eigenvalue weighted by Crippen LogP contribution is 2.17. The number of nitrogens with zero attached hydrogens (tertiary/aromatic N) is 1. The van der Waals surface area contributed by atoms with E-state index in [2.05, 4.69) is 10.3 Å². The lowest BCUT2D eigenvalue weighted by atomic mass is 10.2. The SMILES string of the molecule is NCc1ccc(C(=O)Nc2ccccc2N)cn1. The van der Waals surface area contributed by atoms with Gasteiger partial charge in [-0.3, -0.25) is 9.78 Å². The lowest BCUT2D eigenvalue weighted by Crippen LogP contribution is -2.13. The summed E-state index contributed by atoms with van der Waals surface area (Å²) in [5.74, 6) is -0.246. The van der Waals surface area contributed by atoms with E-state index in [-0.39, 0.29) is 5.91 Å². The molecule has 1 amide bonds. The van der Waals surface area contributed by atoms with Crippen LogP contribution in [-0.4, -0.2) is 10.9 Å². The first kappa shape index (κ1) is 12.1. The molecule has 0 aliphatic carbocycles. The Bertz CT molecular complexity index is 551. The van der Waals surface area contributed by atoms with Gasteiger partial charge in [-0.1, -0.05) is 12.1 Å². The highest BCUT2D eigenvalue weighted by molar-refractivity contribution is 6.05. The standard InChI is InChI=1S/C13H14N4O/c14-7-10-6-5-9(8-16-10)13(18)17-12-4-2-1-3-11(12)15/h1-6,8H,7,14-15H2,(H,17,18). The van der Waals surface area contributed by atoms with Gasteiger partial charge in [-0.15, -0.1) is 0 Å². The fraction of sp³-hybridized carbons (Fsp3) is 0.0769. The predicted octanol–water partition coefficient (Wildman–Crippen LogP) is 1.37. The van der Waals surface area contributed by atoms with E-state index in [1.165, 1.54) is 6.20 Å². The number of hydrogen-bond acceptors (Lipinski definition) is 4. The Labute approximate surface area is 105 Å². The number of amides is 1. The molecule has 1 aromatic carbocycles. The van der Waals surface area contributed by atoms with Gasteiger partial charge in [0.25, 0.3) is 5.91 Å². The van der Waals surface area contributed by atoms with Crippen molar-refractivity contribution < 1.29 is 4.79 Å². The Morgan fingerprint density at radius 1 is 1.22 bits per heavy atom. The molecule has 5 N–H and O–H groups in total. The molecule has 0 aliphatic rings. The van der Waals surface area contributed by atoms with Gasteiger partial charge >= 0.3 is 0 Å². The van der Waals surface area contributed by atoms with Gasteiger partial charge < -0.3 is 16.8 Å². The number of pyridine rings is 1.